The van der Waals surface area contributed by atoms with Gasteiger partial charge in [-0.3, -0.25) is 14.5 Å². The number of likely N-dealkylation sites (N-methyl/N-ethyl adjacent to an activating group) is 1. The Morgan fingerprint density at radius 2 is 1.79 bits per heavy atom. The smallest absolute Gasteiger partial charge is 0.223 e. The van der Waals surface area contributed by atoms with Gasteiger partial charge in [0.25, 0.3) is 0 Å². The summed E-state index contributed by atoms with van der Waals surface area (Å²) in [7, 11) is 3.68. The second-order valence-electron chi connectivity index (χ2n) is 7.01. The van der Waals surface area contributed by atoms with Crippen LogP contribution in [0.4, 0.5) is 4.39 Å². The number of benzene rings is 2. The molecule has 0 spiro atoms. The number of hydrogen-bond acceptors (Lipinski definition) is 4. The number of Topliss-reactive ketones (excluding diaryl/α,β-unsaturated/α-hetero) is 1. The van der Waals surface area contributed by atoms with E-state index in [1.54, 1.807) is 7.11 Å². The first-order valence-electron chi connectivity index (χ1n) is 9.39. The summed E-state index contributed by atoms with van der Waals surface area (Å²) < 4.78 is 18.5. The number of hydrogen-bond donors (Lipinski definition) is 0. The number of carbonyl (C=O) groups excluding carboxylic acids is 2. The molecule has 1 heterocycles. The van der Waals surface area contributed by atoms with Crippen LogP contribution in [-0.2, 0) is 4.79 Å². The van der Waals surface area contributed by atoms with Crippen LogP contribution in [0.15, 0.2) is 48.5 Å². The van der Waals surface area contributed by atoms with Crippen LogP contribution in [0.1, 0.15) is 34.8 Å². The predicted octanol–water partition coefficient (Wildman–Crippen LogP) is 3.31. The lowest BCUT2D eigenvalue weighted by Gasteiger charge is -2.40. The number of nitrogens with zero attached hydrogens (tertiary/aromatic N) is 2. The van der Waals surface area contributed by atoms with Gasteiger partial charge in [0.05, 0.1) is 13.2 Å². The lowest BCUT2D eigenvalue weighted by atomic mass is 10.0. The molecule has 1 aliphatic heterocycles. The molecule has 0 aliphatic carbocycles. The average Bonchev–Trinajstić information content (AvgIpc) is 2.72. The van der Waals surface area contributed by atoms with Gasteiger partial charge in [-0.05, 0) is 37.4 Å². The molecule has 1 atom stereocenters. The molecule has 5 nitrogen and oxygen atoms in total. The molecule has 1 saturated heterocycles. The zero-order valence-electron chi connectivity index (χ0n) is 16.2. The van der Waals surface area contributed by atoms with Gasteiger partial charge in [0.1, 0.15) is 11.6 Å². The Bertz CT molecular complexity index is 838. The summed E-state index contributed by atoms with van der Waals surface area (Å²) in [6.07, 6.45) is 0.273. The number of ketones is 1. The summed E-state index contributed by atoms with van der Waals surface area (Å²) in [5, 5.41) is 0. The molecule has 0 aromatic heterocycles. The van der Waals surface area contributed by atoms with Crippen molar-refractivity contribution in [2.75, 3.05) is 33.8 Å². The Morgan fingerprint density at radius 3 is 2.50 bits per heavy atom. The second kappa shape index (κ2) is 8.97. The van der Waals surface area contributed by atoms with Crippen LogP contribution in [0, 0.1) is 5.82 Å². The third kappa shape index (κ3) is 4.57. The molecule has 0 N–H and O–H groups in total. The van der Waals surface area contributed by atoms with Gasteiger partial charge in [0.15, 0.2) is 5.78 Å². The fraction of sp³-hybridized carbons (Fsp3) is 0.364. The molecule has 0 saturated carbocycles. The minimum atomic E-state index is -0.382. The van der Waals surface area contributed by atoms with E-state index in [-0.39, 0.29) is 36.4 Å². The lowest BCUT2D eigenvalue weighted by molar-refractivity contribution is -0.134. The van der Waals surface area contributed by atoms with Crippen LogP contribution < -0.4 is 4.74 Å². The Hall–Kier alpha value is -2.73. The fourth-order valence-corrected chi connectivity index (χ4v) is 3.54. The number of amides is 1. The normalized spacial score (nSPS) is 17.4. The van der Waals surface area contributed by atoms with Gasteiger partial charge >= 0.3 is 0 Å². The third-order valence-corrected chi connectivity index (χ3v) is 5.23. The van der Waals surface area contributed by atoms with Crippen LogP contribution in [0.5, 0.6) is 5.75 Å². The summed E-state index contributed by atoms with van der Waals surface area (Å²) in [5.74, 6) is 0.236. The summed E-state index contributed by atoms with van der Waals surface area (Å²) in [6, 6.07) is 13.3. The van der Waals surface area contributed by atoms with Crippen LogP contribution in [-0.4, -0.2) is 55.3 Å². The molecule has 0 bridgehead atoms. The number of methoxy groups -OCH3 is 1. The highest BCUT2D eigenvalue weighted by Gasteiger charge is 2.30. The van der Waals surface area contributed by atoms with Gasteiger partial charge in [-0.2, -0.15) is 0 Å². The Labute approximate surface area is 164 Å². The summed E-state index contributed by atoms with van der Waals surface area (Å²) in [4.78, 5) is 29.0. The molecule has 1 aliphatic rings. The topological polar surface area (TPSA) is 49.9 Å². The standard InChI is InChI=1S/C22H25FN2O3/c1-24-13-14-25(15-19(24)18-5-3-4-6-21(18)28-2)22(27)12-11-20(26)16-7-9-17(23)10-8-16/h3-10,19H,11-15H2,1-2H3. The number of ether oxygens (including phenoxy) is 1. The number of para-hydroxylation sites is 1. The van der Waals surface area contributed by atoms with Crippen LogP contribution in [0.3, 0.4) is 0 Å². The molecule has 2 aromatic carbocycles. The van der Waals surface area contributed by atoms with E-state index in [9.17, 15) is 14.0 Å². The third-order valence-electron chi connectivity index (χ3n) is 5.23. The first-order valence-corrected chi connectivity index (χ1v) is 9.39. The molecule has 6 heteroatoms. The average molecular weight is 384 g/mol. The first-order chi connectivity index (χ1) is 13.5. The number of rotatable bonds is 6. The molecule has 1 fully saturated rings. The maximum Gasteiger partial charge on any atom is 0.223 e. The zero-order chi connectivity index (χ0) is 20.1. The number of carbonyl (C=O) groups is 2. The summed E-state index contributed by atoms with van der Waals surface area (Å²) >= 11 is 0. The van der Waals surface area contributed by atoms with Crippen LogP contribution in [0.2, 0.25) is 0 Å². The minimum Gasteiger partial charge on any atom is -0.496 e. The van der Waals surface area contributed by atoms with Gasteiger partial charge in [0.2, 0.25) is 5.91 Å². The minimum absolute atomic E-state index is 0.0385. The predicted molar refractivity (Wildman–Crippen MR) is 105 cm³/mol. The Morgan fingerprint density at radius 1 is 1.07 bits per heavy atom. The van der Waals surface area contributed by atoms with Gasteiger partial charge in [-0.25, -0.2) is 4.39 Å². The molecule has 3 rings (SSSR count). The van der Waals surface area contributed by atoms with E-state index >= 15 is 0 Å². The summed E-state index contributed by atoms with van der Waals surface area (Å²) in [5.41, 5.74) is 1.48. The number of halogens is 1. The molecular weight excluding hydrogens is 359 g/mol. The fourth-order valence-electron chi connectivity index (χ4n) is 3.54. The van der Waals surface area contributed by atoms with Crippen molar-refractivity contribution in [3.63, 3.8) is 0 Å². The highest BCUT2D eigenvalue weighted by Crippen LogP contribution is 2.31. The van der Waals surface area contributed by atoms with Gasteiger partial charge in [0, 0.05) is 43.6 Å². The molecule has 1 amide bonds. The van der Waals surface area contributed by atoms with E-state index < -0.39 is 0 Å². The first kappa shape index (κ1) is 20.0. The molecule has 0 radical (unpaired) electrons. The second-order valence-corrected chi connectivity index (χ2v) is 7.01. The highest BCUT2D eigenvalue weighted by atomic mass is 19.1. The molecule has 2 aromatic rings. The van der Waals surface area contributed by atoms with Crippen molar-refractivity contribution < 1.29 is 18.7 Å². The van der Waals surface area contributed by atoms with Crippen molar-refractivity contribution in [1.29, 1.82) is 0 Å². The SMILES string of the molecule is COc1ccccc1C1CN(C(=O)CCC(=O)c2ccc(F)cc2)CCN1C. The maximum absolute atomic E-state index is 13.0. The van der Waals surface area contributed by atoms with Gasteiger partial charge in [-0.1, -0.05) is 18.2 Å². The van der Waals surface area contributed by atoms with Crippen molar-refractivity contribution in [3.05, 3.63) is 65.5 Å². The Kier molecular flexibility index (Phi) is 6.41. The lowest BCUT2D eigenvalue weighted by Crippen LogP contribution is -2.49. The molecular formula is C22H25FN2O3. The van der Waals surface area contributed by atoms with Crippen molar-refractivity contribution in [3.8, 4) is 5.75 Å². The van der Waals surface area contributed by atoms with Gasteiger partial charge in [-0.15, -0.1) is 0 Å². The molecule has 1 unspecified atom stereocenters. The largest absolute Gasteiger partial charge is 0.496 e. The quantitative estimate of drug-likeness (QED) is 0.717. The van der Waals surface area contributed by atoms with Crippen molar-refractivity contribution in [2.45, 2.75) is 18.9 Å². The van der Waals surface area contributed by atoms with Crippen LogP contribution in [0.25, 0.3) is 0 Å². The van der Waals surface area contributed by atoms with E-state index in [1.807, 2.05) is 36.2 Å². The van der Waals surface area contributed by atoms with E-state index in [4.69, 9.17) is 4.74 Å². The molecule has 28 heavy (non-hydrogen) atoms. The number of piperazine rings is 1. The Balaban J connectivity index is 1.62. The van der Waals surface area contributed by atoms with E-state index in [0.29, 0.717) is 18.7 Å². The van der Waals surface area contributed by atoms with E-state index in [1.165, 1.54) is 24.3 Å². The maximum atomic E-state index is 13.0. The zero-order valence-corrected chi connectivity index (χ0v) is 16.2. The highest BCUT2D eigenvalue weighted by molar-refractivity contribution is 5.97. The monoisotopic (exact) mass is 384 g/mol. The molecule has 148 valence electrons. The summed E-state index contributed by atoms with van der Waals surface area (Å²) in [6.45, 7) is 1.94. The van der Waals surface area contributed by atoms with Crippen molar-refractivity contribution in [1.82, 2.24) is 9.80 Å². The van der Waals surface area contributed by atoms with E-state index in [0.717, 1.165) is 17.9 Å². The van der Waals surface area contributed by atoms with Crippen LogP contribution >= 0.6 is 0 Å². The van der Waals surface area contributed by atoms with E-state index in [2.05, 4.69) is 4.90 Å². The van der Waals surface area contributed by atoms with Gasteiger partial charge < -0.3 is 9.64 Å². The van der Waals surface area contributed by atoms with Crippen molar-refractivity contribution >= 4 is 11.7 Å². The van der Waals surface area contributed by atoms with Crippen molar-refractivity contribution in [2.24, 2.45) is 0 Å².